The molecule has 4 rings (SSSR count). The van der Waals surface area contributed by atoms with Crippen LogP contribution in [-0.4, -0.2) is 57.9 Å². The Labute approximate surface area is 204 Å². The predicted octanol–water partition coefficient (Wildman–Crippen LogP) is 3.36. The van der Waals surface area contributed by atoms with E-state index in [0.717, 1.165) is 17.8 Å². The van der Waals surface area contributed by atoms with Crippen LogP contribution in [0.3, 0.4) is 0 Å². The SMILES string of the molecule is Cc1cc2c(N3CCOCC3)nc(-c3cnc(NC(=O)C(C)(C)C)cc3C(F)(F)F)nn2c1.O=C=O. The van der Waals surface area contributed by atoms with Gasteiger partial charge in [0, 0.05) is 30.9 Å². The fraction of sp³-hybridized carbons (Fsp3) is 0.435. The van der Waals surface area contributed by atoms with E-state index in [1.807, 2.05) is 17.9 Å². The smallest absolute Gasteiger partial charge is 0.378 e. The lowest BCUT2D eigenvalue weighted by molar-refractivity contribution is -0.191. The van der Waals surface area contributed by atoms with E-state index in [-0.39, 0.29) is 23.4 Å². The zero-order chi connectivity index (χ0) is 26.7. The second kappa shape index (κ2) is 10.4. The Morgan fingerprint density at radius 2 is 1.78 bits per heavy atom. The van der Waals surface area contributed by atoms with Crippen molar-refractivity contribution in [3.63, 3.8) is 0 Å². The highest BCUT2D eigenvalue weighted by molar-refractivity contribution is 5.94. The van der Waals surface area contributed by atoms with Crippen molar-refractivity contribution in [2.45, 2.75) is 33.9 Å². The van der Waals surface area contributed by atoms with E-state index in [9.17, 15) is 18.0 Å². The zero-order valence-corrected chi connectivity index (χ0v) is 20.1. The second-order valence-corrected chi connectivity index (χ2v) is 9.11. The first-order valence-electron chi connectivity index (χ1n) is 10.9. The van der Waals surface area contributed by atoms with E-state index in [1.54, 1.807) is 27.0 Å². The maximum atomic E-state index is 14.0. The third-order valence-electron chi connectivity index (χ3n) is 5.26. The lowest BCUT2D eigenvalue weighted by Gasteiger charge is -2.28. The third kappa shape index (κ3) is 6.04. The minimum Gasteiger partial charge on any atom is -0.378 e. The van der Waals surface area contributed by atoms with Gasteiger partial charge in [0.1, 0.15) is 11.3 Å². The fourth-order valence-corrected chi connectivity index (χ4v) is 3.48. The number of ether oxygens (including phenoxy) is 1. The van der Waals surface area contributed by atoms with Crippen molar-refractivity contribution in [1.29, 1.82) is 0 Å². The summed E-state index contributed by atoms with van der Waals surface area (Å²) in [6, 6.07) is 2.71. The fourth-order valence-electron chi connectivity index (χ4n) is 3.48. The van der Waals surface area contributed by atoms with E-state index >= 15 is 0 Å². The number of anilines is 2. The Bertz CT molecular complexity index is 1290. The summed E-state index contributed by atoms with van der Waals surface area (Å²) < 4.78 is 49.0. The van der Waals surface area contributed by atoms with Crippen molar-refractivity contribution in [2.75, 3.05) is 36.5 Å². The minimum atomic E-state index is -4.70. The molecule has 0 unspecified atom stereocenters. The van der Waals surface area contributed by atoms with Gasteiger partial charge in [-0.2, -0.15) is 22.8 Å². The van der Waals surface area contributed by atoms with Gasteiger partial charge in [-0.15, -0.1) is 5.10 Å². The van der Waals surface area contributed by atoms with Gasteiger partial charge in [-0.05, 0) is 24.6 Å². The average Bonchev–Trinajstić information content (AvgIpc) is 3.18. The van der Waals surface area contributed by atoms with Gasteiger partial charge in [0.25, 0.3) is 0 Å². The summed E-state index contributed by atoms with van der Waals surface area (Å²) in [6.07, 6.45) is -1.66. The number of alkyl halides is 3. The number of amides is 1. The number of carbonyl (C=O) groups is 1. The molecule has 4 heterocycles. The molecule has 0 bridgehead atoms. The molecule has 1 aliphatic heterocycles. The van der Waals surface area contributed by atoms with Gasteiger partial charge in [0.15, 0.2) is 11.6 Å². The molecule has 1 amide bonds. The van der Waals surface area contributed by atoms with Gasteiger partial charge < -0.3 is 15.0 Å². The molecule has 3 aromatic heterocycles. The van der Waals surface area contributed by atoms with Gasteiger partial charge in [-0.3, -0.25) is 4.79 Å². The number of morpholine rings is 1. The quantitative estimate of drug-likeness (QED) is 0.575. The summed E-state index contributed by atoms with van der Waals surface area (Å²) in [5, 5.41) is 6.80. The average molecular weight is 506 g/mol. The number of hydrogen-bond acceptors (Lipinski definition) is 8. The molecule has 10 nitrogen and oxygen atoms in total. The van der Waals surface area contributed by atoms with Crippen LogP contribution in [0.5, 0.6) is 0 Å². The molecular formula is C23H25F3N6O4. The Balaban J connectivity index is 0.00000115. The Hall–Kier alpha value is -3.83. The Kier molecular flexibility index (Phi) is 7.75. The number of rotatable bonds is 3. The first-order valence-corrected chi connectivity index (χ1v) is 10.9. The van der Waals surface area contributed by atoms with Crippen molar-refractivity contribution in [3.05, 3.63) is 35.7 Å². The summed E-state index contributed by atoms with van der Waals surface area (Å²) in [7, 11) is 0. The van der Waals surface area contributed by atoms with E-state index in [2.05, 4.69) is 20.4 Å². The van der Waals surface area contributed by atoms with Gasteiger partial charge >= 0.3 is 12.3 Å². The molecule has 1 N–H and O–H groups in total. The second-order valence-electron chi connectivity index (χ2n) is 9.11. The van der Waals surface area contributed by atoms with Gasteiger partial charge in [-0.25, -0.2) is 14.5 Å². The molecule has 1 aliphatic rings. The Morgan fingerprint density at radius 3 is 2.36 bits per heavy atom. The first kappa shape index (κ1) is 26.8. The number of carbonyl (C=O) groups excluding carboxylic acids is 3. The molecule has 0 spiro atoms. The van der Waals surface area contributed by atoms with Crippen LogP contribution in [0.15, 0.2) is 24.5 Å². The van der Waals surface area contributed by atoms with Crippen LogP contribution in [0, 0.1) is 12.3 Å². The normalized spacial score (nSPS) is 14.1. The number of nitrogens with one attached hydrogen (secondary N) is 1. The maximum absolute atomic E-state index is 14.0. The largest absolute Gasteiger partial charge is 0.417 e. The molecule has 3 aromatic rings. The van der Waals surface area contributed by atoms with E-state index in [0.29, 0.717) is 37.6 Å². The number of hydrogen-bond donors (Lipinski definition) is 1. The summed E-state index contributed by atoms with van der Waals surface area (Å²) in [6.45, 7) is 9.01. The van der Waals surface area contributed by atoms with Gasteiger partial charge in [-0.1, -0.05) is 20.8 Å². The molecule has 0 aliphatic carbocycles. The van der Waals surface area contributed by atoms with Crippen LogP contribution in [-0.2, 0) is 25.3 Å². The molecular weight excluding hydrogens is 481 g/mol. The summed E-state index contributed by atoms with van der Waals surface area (Å²) in [5.41, 5.74) is -0.414. The molecule has 1 fully saturated rings. The molecule has 36 heavy (non-hydrogen) atoms. The van der Waals surface area contributed by atoms with E-state index in [4.69, 9.17) is 14.3 Å². The minimum absolute atomic E-state index is 0.104. The molecule has 13 heteroatoms. The van der Waals surface area contributed by atoms with Crippen molar-refractivity contribution in [3.8, 4) is 11.4 Å². The van der Waals surface area contributed by atoms with Crippen molar-refractivity contribution in [2.24, 2.45) is 5.41 Å². The van der Waals surface area contributed by atoms with Gasteiger partial charge in [0.05, 0.1) is 24.3 Å². The number of aromatic nitrogens is 4. The first-order chi connectivity index (χ1) is 16.8. The summed E-state index contributed by atoms with van der Waals surface area (Å²) >= 11 is 0. The van der Waals surface area contributed by atoms with Crippen LogP contribution in [0.25, 0.3) is 16.9 Å². The monoisotopic (exact) mass is 506 g/mol. The highest BCUT2D eigenvalue weighted by Crippen LogP contribution is 2.38. The highest BCUT2D eigenvalue weighted by Gasteiger charge is 2.36. The zero-order valence-electron chi connectivity index (χ0n) is 20.1. The predicted molar refractivity (Wildman–Crippen MR) is 122 cm³/mol. The van der Waals surface area contributed by atoms with Crippen molar-refractivity contribution >= 4 is 29.2 Å². The molecule has 1 saturated heterocycles. The molecule has 0 saturated carbocycles. The number of pyridine rings is 1. The third-order valence-corrected chi connectivity index (χ3v) is 5.26. The number of nitrogens with zero attached hydrogens (tertiary/aromatic N) is 5. The molecule has 0 radical (unpaired) electrons. The van der Waals surface area contributed by atoms with Crippen LogP contribution >= 0.6 is 0 Å². The van der Waals surface area contributed by atoms with Crippen LogP contribution in [0.1, 0.15) is 31.9 Å². The van der Waals surface area contributed by atoms with Gasteiger partial charge in [0.2, 0.25) is 5.91 Å². The lowest BCUT2D eigenvalue weighted by atomic mass is 9.96. The molecule has 0 aromatic carbocycles. The van der Waals surface area contributed by atoms with Crippen LogP contribution in [0.4, 0.5) is 24.8 Å². The van der Waals surface area contributed by atoms with Crippen LogP contribution in [0.2, 0.25) is 0 Å². The standard InChI is InChI=1S/C22H25F3N6O2.CO2/c1-13-9-16-19(30-5-7-33-8-6-30)28-18(29-31(16)12-13)14-11-26-17(10-15(14)22(23,24)25)27-20(32)21(2,3)4;2-1-3/h9-12H,5-8H2,1-4H3,(H,26,27,32);. The van der Waals surface area contributed by atoms with Crippen molar-refractivity contribution < 1.29 is 32.3 Å². The number of aryl methyl sites for hydroxylation is 1. The van der Waals surface area contributed by atoms with Crippen LogP contribution < -0.4 is 10.2 Å². The number of fused-ring (bicyclic) bond motifs is 1. The molecule has 0 atom stereocenters. The highest BCUT2D eigenvalue weighted by atomic mass is 19.4. The topological polar surface area (TPSA) is 119 Å². The summed E-state index contributed by atoms with van der Waals surface area (Å²) in [5.74, 6) is -0.189. The lowest BCUT2D eigenvalue weighted by Crippen LogP contribution is -2.37. The molecule has 192 valence electrons. The maximum Gasteiger partial charge on any atom is 0.417 e. The number of halogens is 3. The van der Waals surface area contributed by atoms with E-state index < -0.39 is 23.1 Å². The van der Waals surface area contributed by atoms with E-state index in [1.165, 1.54) is 4.52 Å². The van der Waals surface area contributed by atoms with Crippen molar-refractivity contribution in [1.82, 2.24) is 19.6 Å². The Morgan fingerprint density at radius 1 is 1.14 bits per heavy atom. The summed E-state index contributed by atoms with van der Waals surface area (Å²) in [4.78, 5) is 39.0.